The number of fused-ring (bicyclic) bond motifs is 1. The van der Waals surface area contributed by atoms with E-state index >= 15 is 0 Å². The summed E-state index contributed by atoms with van der Waals surface area (Å²) in [5, 5.41) is 11.2. The Morgan fingerprint density at radius 1 is 0.920 bits per heavy atom. The first-order valence-corrected chi connectivity index (χ1v) is 19.0. The molecular formula is C33H40N8O7S2. The SMILES string of the molecule is COC(=O)[C@H](CNC(=O)c1ccc2c(cnn2CCNC2=NCCCC2)c1)NS(=O)(=O)c1ccc(-c2ccc(S(=O)(=O)NCCN)cc2)cc1. The van der Waals surface area contributed by atoms with Crippen LogP contribution in [0.5, 0.6) is 0 Å². The highest BCUT2D eigenvalue weighted by atomic mass is 32.2. The number of nitrogens with zero attached hydrogens (tertiary/aromatic N) is 3. The number of hydrogen-bond acceptors (Lipinski definition) is 11. The highest BCUT2D eigenvalue weighted by Crippen LogP contribution is 2.23. The zero-order chi connectivity index (χ0) is 35.7. The van der Waals surface area contributed by atoms with Gasteiger partial charge in [-0.2, -0.15) is 9.82 Å². The van der Waals surface area contributed by atoms with Gasteiger partial charge < -0.3 is 21.1 Å². The number of aromatic nitrogens is 2. The number of amidine groups is 1. The highest BCUT2D eigenvalue weighted by molar-refractivity contribution is 7.89. The molecule has 0 bridgehead atoms. The Morgan fingerprint density at radius 2 is 1.60 bits per heavy atom. The third-order valence-electron chi connectivity index (χ3n) is 8.03. The molecule has 15 nitrogen and oxygen atoms in total. The van der Waals surface area contributed by atoms with Crippen molar-refractivity contribution in [3.05, 3.63) is 78.5 Å². The molecule has 0 saturated heterocycles. The number of sulfonamides is 2. The fourth-order valence-corrected chi connectivity index (χ4v) is 7.58. The van der Waals surface area contributed by atoms with Gasteiger partial charge in [-0.3, -0.25) is 19.3 Å². The van der Waals surface area contributed by atoms with Crippen LogP contribution in [0.4, 0.5) is 0 Å². The van der Waals surface area contributed by atoms with Gasteiger partial charge in [-0.15, -0.1) is 0 Å². The fourth-order valence-electron chi connectivity index (χ4n) is 5.35. The van der Waals surface area contributed by atoms with Crippen molar-refractivity contribution in [3.8, 4) is 11.1 Å². The highest BCUT2D eigenvalue weighted by Gasteiger charge is 2.27. The van der Waals surface area contributed by atoms with Crippen LogP contribution in [0.25, 0.3) is 22.0 Å². The van der Waals surface area contributed by atoms with Gasteiger partial charge in [0, 0.05) is 50.1 Å². The monoisotopic (exact) mass is 724 g/mol. The summed E-state index contributed by atoms with van der Waals surface area (Å²) in [5.74, 6) is -0.376. The first-order chi connectivity index (χ1) is 24.0. The molecule has 1 amide bonds. The topological polar surface area (TPSA) is 216 Å². The molecule has 0 fully saturated rings. The van der Waals surface area contributed by atoms with E-state index in [1.54, 1.807) is 48.7 Å². The minimum atomic E-state index is -4.23. The Balaban J connectivity index is 1.19. The van der Waals surface area contributed by atoms with Gasteiger partial charge in [0.05, 0.1) is 41.0 Å². The van der Waals surface area contributed by atoms with Crippen molar-refractivity contribution in [2.24, 2.45) is 10.7 Å². The van der Waals surface area contributed by atoms with Crippen LogP contribution in [0.3, 0.4) is 0 Å². The fraction of sp³-hybridized carbons (Fsp3) is 0.333. The molecule has 0 saturated carbocycles. The van der Waals surface area contributed by atoms with Crippen molar-refractivity contribution >= 4 is 48.7 Å². The molecule has 0 unspecified atom stereocenters. The Kier molecular flexibility index (Phi) is 12.0. The number of amides is 1. The number of hydrogen-bond donors (Lipinski definition) is 5. The summed E-state index contributed by atoms with van der Waals surface area (Å²) in [6, 6.07) is 15.6. The van der Waals surface area contributed by atoms with Crippen LogP contribution in [0.15, 0.2) is 87.7 Å². The van der Waals surface area contributed by atoms with Crippen LogP contribution in [-0.2, 0) is 36.1 Å². The molecule has 266 valence electrons. The van der Waals surface area contributed by atoms with Crippen molar-refractivity contribution in [3.63, 3.8) is 0 Å². The van der Waals surface area contributed by atoms with Crippen LogP contribution < -0.4 is 25.8 Å². The molecule has 1 atom stereocenters. The van der Waals surface area contributed by atoms with Crippen LogP contribution in [-0.4, -0.2) is 90.2 Å². The van der Waals surface area contributed by atoms with E-state index in [-0.39, 0.29) is 29.4 Å². The predicted octanol–water partition coefficient (Wildman–Crippen LogP) is 1.36. The number of carbonyl (C=O) groups is 2. The van der Waals surface area contributed by atoms with E-state index in [4.69, 9.17) is 10.5 Å². The number of esters is 1. The summed E-state index contributed by atoms with van der Waals surface area (Å²) in [4.78, 5) is 30.0. The smallest absolute Gasteiger partial charge is 0.325 e. The molecular weight excluding hydrogens is 685 g/mol. The summed E-state index contributed by atoms with van der Waals surface area (Å²) in [6.07, 6.45) is 4.87. The second-order valence-electron chi connectivity index (χ2n) is 11.5. The van der Waals surface area contributed by atoms with Crippen LogP contribution >= 0.6 is 0 Å². The first-order valence-electron chi connectivity index (χ1n) is 16.0. The number of rotatable bonds is 15. The largest absolute Gasteiger partial charge is 0.468 e. The van der Waals surface area contributed by atoms with E-state index in [1.165, 1.54) is 24.3 Å². The van der Waals surface area contributed by atoms with E-state index < -0.39 is 38.0 Å². The van der Waals surface area contributed by atoms with Crippen molar-refractivity contribution in [1.29, 1.82) is 0 Å². The normalized spacial score (nSPS) is 14.2. The quantitative estimate of drug-likeness (QED) is 0.111. The lowest BCUT2D eigenvalue weighted by atomic mass is 10.1. The Hall–Kier alpha value is -4.68. The second kappa shape index (κ2) is 16.4. The molecule has 50 heavy (non-hydrogen) atoms. The summed E-state index contributed by atoms with van der Waals surface area (Å²) in [6.45, 7) is 2.04. The minimum absolute atomic E-state index is 0.0696. The standard InChI is InChI=1S/C33H40N8O7S2/c1-48-33(43)29(22-37-32(42)25-9-14-30-26(20-25)21-38-41(30)19-18-36-31-4-2-3-16-35-31)40-50(46,47)28-12-7-24(8-13-28)23-5-10-27(11-6-23)49(44,45)39-17-15-34/h5-14,20-21,29,39-40H,2-4,15-19,22,34H2,1H3,(H,35,36)(H,37,42)/t29-/m0/s1. The van der Waals surface area contributed by atoms with Crippen LogP contribution in [0, 0.1) is 0 Å². The van der Waals surface area contributed by atoms with Gasteiger partial charge in [0.2, 0.25) is 20.0 Å². The molecule has 0 spiro atoms. The lowest BCUT2D eigenvalue weighted by molar-refractivity contribution is -0.142. The van der Waals surface area contributed by atoms with Crippen molar-refractivity contribution in [2.45, 2.75) is 41.6 Å². The van der Waals surface area contributed by atoms with Crippen LogP contribution in [0.1, 0.15) is 29.6 Å². The van der Waals surface area contributed by atoms with E-state index in [0.29, 0.717) is 29.8 Å². The molecule has 0 radical (unpaired) electrons. The third kappa shape index (κ3) is 9.10. The maximum Gasteiger partial charge on any atom is 0.325 e. The molecule has 6 N–H and O–H groups in total. The number of ether oxygens (including phenoxy) is 1. The average molecular weight is 725 g/mol. The van der Waals surface area contributed by atoms with Crippen molar-refractivity contribution in [1.82, 2.24) is 29.9 Å². The van der Waals surface area contributed by atoms with E-state index in [2.05, 4.69) is 30.2 Å². The maximum absolute atomic E-state index is 13.2. The van der Waals surface area contributed by atoms with E-state index in [9.17, 15) is 26.4 Å². The number of nitrogens with two attached hydrogens (primary N) is 1. The minimum Gasteiger partial charge on any atom is -0.468 e. The van der Waals surface area contributed by atoms with Crippen molar-refractivity contribution in [2.75, 3.05) is 39.8 Å². The molecule has 1 aliphatic rings. The van der Waals surface area contributed by atoms with Gasteiger partial charge >= 0.3 is 5.97 Å². The van der Waals surface area contributed by atoms with Gasteiger partial charge in [0.25, 0.3) is 5.91 Å². The third-order valence-corrected chi connectivity index (χ3v) is 11.0. The summed E-state index contributed by atoms with van der Waals surface area (Å²) in [7, 11) is -6.80. The maximum atomic E-state index is 13.2. The van der Waals surface area contributed by atoms with E-state index in [0.717, 1.165) is 49.7 Å². The molecule has 1 aromatic heterocycles. The van der Waals surface area contributed by atoms with Gasteiger partial charge in [-0.25, -0.2) is 21.6 Å². The second-order valence-corrected chi connectivity index (χ2v) is 15.0. The number of carbonyl (C=O) groups excluding carboxylic acids is 2. The lowest BCUT2D eigenvalue weighted by Gasteiger charge is -2.17. The van der Waals surface area contributed by atoms with Gasteiger partial charge in [0.1, 0.15) is 6.04 Å². The Morgan fingerprint density at radius 3 is 2.22 bits per heavy atom. The van der Waals surface area contributed by atoms with Gasteiger partial charge in [-0.1, -0.05) is 24.3 Å². The number of methoxy groups -OCH3 is 1. The Bertz CT molecular complexity index is 2060. The molecule has 2 heterocycles. The van der Waals surface area contributed by atoms with Gasteiger partial charge in [-0.05, 0) is 66.4 Å². The molecule has 1 aliphatic heterocycles. The number of nitrogens with one attached hydrogen (secondary N) is 4. The number of benzene rings is 3. The summed E-state index contributed by atoms with van der Waals surface area (Å²) in [5.41, 5.74) is 7.82. The molecule has 3 aromatic carbocycles. The van der Waals surface area contributed by atoms with Gasteiger partial charge in [0.15, 0.2) is 0 Å². The molecule has 4 aromatic rings. The molecule has 0 aliphatic carbocycles. The predicted molar refractivity (Wildman–Crippen MR) is 188 cm³/mol. The summed E-state index contributed by atoms with van der Waals surface area (Å²) < 4.78 is 62.5. The Labute approximate surface area is 290 Å². The zero-order valence-corrected chi connectivity index (χ0v) is 29.1. The molecule has 17 heteroatoms. The number of aliphatic imine (C=N–C) groups is 1. The lowest BCUT2D eigenvalue weighted by Crippen LogP contribution is -2.48. The van der Waals surface area contributed by atoms with E-state index in [1.807, 2.05) is 4.68 Å². The average Bonchev–Trinajstić information content (AvgIpc) is 3.54. The zero-order valence-electron chi connectivity index (χ0n) is 27.5. The van der Waals surface area contributed by atoms with Crippen molar-refractivity contribution < 1.29 is 31.2 Å². The first kappa shape index (κ1) is 36.6. The summed E-state index contributed by atoms with van der Waals surface area (Å²) >= 11 is 0. The van der Waals surface area contributed by atoms with Crippen LogP contribution in [0.2, 0.25) is 0 Å². The molecule has 5 rings (SSSR count).